The number of nitrogens with two attached hydrogens (primary N) is 1. The quantitative estimate of drug-likeness (QED) is 0.787. The van der Waals surface area contributed by atoms with Gasteiger partial charge in [0.05, 0.1) is 22.2 Å². The van der Waals surface area contributed by atoms with E-state index in [4.69, 9.17) is 34.1 Å². The number of fused-ring (bicyclic) bond motifs is 1. The average Bonchev–Trinajstić information content (AvgIpc) is 3.12. The van der Waals surface area contributed by atoms with Gasteiger partial charge in [-0.2, -0.15) is 5.90 Å². The summed E-state index contributed by atoms with van der Waals surface area (Å²) in [5.74, 6) is 5.99. The number of rotatable bonds is 5. The molecule has 7 heteroatoms. The molecule has 0 bridgehead atoms. The lowest BCUT2D eigenvalue weighted by atomic mass is 10.0. The number of hydrogen-bond donors (Lipinski definition) is 1. The minimum absolute atomic E-state index is 0.0776. The maximum atomic E-state index is 11.7. The number of halogens is 2. The first-order valence-corrected chi connectivity index (χ1v) is 9.09. The van der Waals surface area contributed by atoms with Gasteiger partial charge in [0.15, 0.2) is 0 Å². The van der Waals surface area contributed by atoms with Crippen molar-refractivity contribution in [3.8, 4) is 0 Å². The van der Waals surface area contributed by atoms with E-state index in [1.165, 1.54) is 0 Å². The zero-order valence-corrected chi connectivity index (χ0v) is 15.8. The summed E-state index contributed by atoms with van der Waals surface area (Å²) in [6.07, 6.45) is 2.02. The molecule has 1 aromatic carbocycles. The van der Waals surface area contributed by atoms with Crippen molar-refractivity contribution < 1.29 is 9.63 Å². The number of hydrogen-bond acceptors (Lipinski definition) is 4. The van der Waals surface area contributed by atoms with Crippen molar-refractivity contribution in [1.82, 2.24) is 9.55 Å². The largest absolute Gasteiger partial charge is 0.373 e. The van der Waals surface area contributed by atoms with E-state index in [0.717, 1.165) is 35.6 Å². The smallest absolute Gasteiger partial charge is 0.325 e. The van der Waals surface area contributed by atoms with Gasteiger partial charge in [-0.3, -0.25) is 4.79 Å². The van der Waals surface area contributed by atoms with Gasteiger partial charge in [0.2, 0.25) is 0 Å². The van der Waals surface area contributed by atoms with Crippen LogP contribution in [0, 0.1) is 0 Å². The summed E-state index contributed by atoms with van der Waals surface area (Å²) in [5.41, 5.74) is 3.22. The van der Waals surface area contributed by atoms with Gasteiger partial charge < -0.3 is 9.40 Å². The molecule has 0 radical (unpaired) electrons. The van der Waals surface area contributed by atoms with Crippen molar-refractivity contribution in [3.05, 3.63) is 51.0 Å². The van der Waals surface area contributed by atoms with Crippen LogP contribution >= 0.6 is 23.2 Å². The second kappa shape index (κ2) is 7.36. The molecule has 2 N–H and O–H groups in total. The first kappa shape index (κ1) is 18.2. The monoisotopic (exact) mass is 381 g/mol. The Balaban J connectivity index is 1.99. The topological polar surface area (TPSA) is 70.1 Å². The van der Waals surface area contributed by atoms with E-state index in [1.54, 1.807) is 6.07 Å². The van der Waals surface area contributed by atoms with E-state index in [-0.39, 0.29) is 18.3 Å². The van der Waals surface area contributed by atoms with Gasteiger partial charge in [-0.25, -0.2) is 4.98 Å². The van der Waals surface area contributed by atoms with Crippen LogP contribution in [-0.4, -0.2) is 15.5 Å². The lowest BCUT2D eigenvalue weighted by molar-refractivity contribution is -0.144. The lowest BCUT2D eigenvalue weighted by Crippen LogP contribution is -2.16. The van der Waals surface area contributed by atoms with Crippen LogP contribution in [0.2, 0.25) is 10.0 Å². The summed E-state index contributed by atoms with van der Waals surface area (Å²) < 4.78 is 2.21. The molecule has 0 saturated heterocycles. The van der Waals surface area contributed by atoms with Crippen molar-refractivity contribution in [2.24, 2.45) is 5.90 Å². The molecule has 1 aliphatic carbocycles. The average molecular weight is 382 g/mol. The van der Waals surface area contributed by atoms with E-state index >= 15 is 0 Å². The van der Waals surface area contributed by atoms with Crippen LogP contribution < -0.4 is 5.90 Å². The van der Waals surface area contributed by atoms with Crippen LogP contribution in [0.25, 0.3) is 0 Å². The number of carbonyl (C=O) groups excluding carboxylic acids is 1. The Morgan fingerprint density at radius 1 is 1.40 bits per heavy atom. The molecule has 25 heavy (non-hydrogen) atoms. The lowest BCUT2D eigenvalue weighted by Gasteiger charge is -2.18. The van der Waals surface area contributed by atoms with Gasteiger partial charge in [0.1, 0.15) is 5.82 Å². The van der Waals surface area contributed by atoms with E-state index in [1.807, 2.05) is 12.1 Å². The molecule has 0 spiro atoms. The number of aromatic nitrogens is 2. The molecule has 0 aliphatic heterocycles. The fourth-order valence-corrected chi connectivity index (χ4v) is 3.82. The zero-order chi connectivity index (χ0) is 18.1. The highest BCUT2D eigenvalue weighted by atomic mass is 35.5. The Morgan fingerprint density at radius 2 is 2.16 bits per heavy atom. The number of imidazole rings is 1. The fraction of sp³-hybridized carbons (Fsp3) is 0.444. The number of carbonyl (C=O) groups is 1. The molecular weight excluding hydrogens is 361 g/mol. The van der Waals surface area contributed by atoms with Crippen LogP contribution in [0.3, 0.4) is 0 Å². The molecule has 5 nitrogen and oxygen atoms in total. The predicted molar refractivity (Wildman–Crippen MR) is 97.8 cm³/mol. The van der Waals surface area contributed by atoms with Crippen LogP contribution in [0.5, 0.6) is 0 Å². The summed E-state index contributed by atoms with van der Waals surface area (Å²) in [4.78, 5) is 20.9. The maximum Gasteiger partial charge on any atom is 0.325 e. The predicted octanol–water partition coefficient (Wildman–Crippen LogP) is 4.20. The number of nitrogens with zero attached hydrogens (tertiary/aromatic N) is 2. The van der Waals surface area contributed by atoms with Crippen molar-refractivity contribution in [1.29, 1.82) is 0 Å². The summed E-state index contributed by atoms with van der Waals surface area (Å²) >= 11 is 12.2. The summed E-state index contributed by atoms with van der Waals surface area (Å²) in [7, 11) is 0. The zero-order valence-electron chi connectivity index (χ0n) is 14.3. The maximum absolute atomic E-state index is 11.7. The third-order valence-electron chi connectivity index (χ3n) is 4.61. The third-order valence-corrected chi connectivity index (χ3v) is 5.35. The molecule has 1 unspecified atom stereocenters. The minimum atomic E-state index is -0.397. The second-order valence-corrected chi connectivity index (χ2v) is 7.54. The van der Waals surface area contributed by atoms with Crippen LogP contribution in [0.4, 0.5) is 0 Å². The second-order valence-electron chi connectivity index (χ2n) is 6.72. The van der Waals surface area contributed by atoms with Crippen LogP contribution in [-0.2, 0) is 22.6 Å². The highest BCUT2D eigenvalue weighted by molar-refractivity contribution is 6.42. The van der Waals surface area contributed by atoms with Crippen LogP contribution in [0.15, 0.2) is 18.2 Å². The van der Waals surface area contributed by atoms with Gasteiger partial charge in [-0.05, 0) is 30.5 Å². The molecule has 1 heterocycles. The van der Waals surface area contributed by atoms with Gasteiger partial charge in [0.25, 0.3) is 0 Å². The van der Waals surface area contributed by atoms with Gasteiger partial charge in [-0.15, -0.1) is 0 Å². The Labute approximate surface area is 157 Å². The molecule has 1 aromatic heterocycles. The molecular formula is C18H21Cl2N3O2. The molecule has 1 atom stereocenters. The first-order chi connectivity index (χ1) is 11.9. The van der Waals surface area contributed by atoms with E-state index in [2.05, 4.69) is 23.3 Å². The molecule has 2 aromatic rings. The number of aryl methyl sites for hydroxylation is 1. The summed E-state index contributed by atoms with van der Waals surface area (Å²) in [5, 5.41) is 1.07. The van der Waals surface area contributed by atoms with Crippen molar-refractivity contribution in [3.63, 3.8) is 0 Å². The Kier molecular flexibility index (Phi) is 5.37. The molecule has 0 fully saturated rings. The van der Waals surface area contributed by atoms with Crippen molar-refractivity contribution in [2.45, 2.75) is 51.5 Å². The van der Waals surface area contributed by atoms with E-state index in [9.17, 15) is 4.79 Å². The van der Waals surface area contributed by atoms with Crippen molar-refractivity contribution in [2.75, 3.05) is 0 Å². The highest BCUT2D eigenvalue weighted by Crippen LogP contribution is 2.38. The van der Waals surface area contributed by atoms with Crippen LogP contribution in [0.1, 0.15) is 61.3 Å². The van der Waals surface area contributed by atoms with Crippen molar-refractivity contribution >= 4 is 29.2 Å². The standard InChI is InChI=1S/C18H21Cl2N3O2/c1-10(2)18-22-15-6-4-12(8-16(24)25-21)17(15)23(18)9-11-3-5-13(19)14(20)7-11/h3,5,7,10,12H,4,6,8-9,21H2,1-2H3. The normalized spacial score (nSPS) is 16.3. The number of benzene rings is 1. The third kappa shape index (κ3) is 3.68. The molecule has 134 valence electrons. The molecule has 1 aliphatic rings. The summed E-state index contributed by atoms with van der Waals surface area (Å²) in [6.45, 7) is 4.87. The Morgan fingerprint density at radius 3 is 2.80 bits per heavy atom. The first-order valence-electron chi connectivity index (χ1n) is 8.33. The van der Waals surface area contributed by atoms with Gasteiger partial charge in [0, 0.05) is 24.1 Å². The van der Waals surface area contributed by atoms with Gasteiger partial charge in [-0.1, -0.05) is 43.1 Å². The van der Waals surface area contributed by atoms with E-state index in [0.29, 0.717) is 16.6 Å². The Bertz CT molecular complexity index is 802. The van der Waals surface area contributed by atoms with E-state index < -0.39 is 5.97 Å². The minimum Gasteiger partial charge on any atom is -0.373 e. The molecule has 0 saturated carbocycles. The molecule has 0 amide bonds. The Hall–Kier alpha value is -1.56. The summed E-state index contributed by atoms with van der Waals surface area (Å²) in [6, 6.07) is 5.63. The molecule has 3 rings (SSSR count). The SMILES string of the molecule is CC(C)c1nc2c(n1Cc1ccc(Cl)c(Cl)c1)C(CC(=O)ON)CC2. The van der Waals surface area contributed by atoms with Gasteiger partial charge >= 0.3 is 5.97 Å². The fourth-order valence-electron chi connectivity index (χ4n) is 3.50. The highest BCUT2D eigenvalue weighted by Gasteiger charge is 2.32.